The Morgan fingerprint density at radius 3 is 2.29 bits per heavy atom. The van der Waals surface area contributed by atoms with Crippen molar-refractivity contribution >= 4 is 21.5 Å². The van der Waals surface area contributed by atoms with E-state index in [4.69, 9.17) is 0 Å². The van der Waals surface area contributed by atoms with E-state index >= 15 is 0 Å². The number of sulfonamides is 1. The standard InChI is InChI=1S/C15H14FNO3S/c1-10-3-8-14(16)15(9-10)17-21(19,20)13-6-4-12(5-7-13)11(2)18/h3-9,17H,1-2H3. The predicted octanol–water partition coefficient (Wildman–Crippen LogP) is 3.14. The second-order valence-corrected chi connectivity index (χ2v) is 6.35. The molecule has 4 nitrogen and oxygen atoms in total. The minimum absolute atomic E-state index is 0.0339. The summed E-state index contributed by atoms with van der Waals surface area (Å²) in [5.74, 6) is -0.804. The maximum Gasteiger partial charge on any atom is 0.261 e. The average Bonchev–Trinajstić information content (AvgIpc) is 2.43. The lowest BCUT2D eigenvalue weighted by Gasteiger charge is -2.10. The third-order valence-corrected chi connectivity index (χ3v) is 4.32. The highest BCUT2D eigenvalue weighted by atomic mass is 32.2. The van der Waals surface area contributed by atoms with Crippen molar-refractivity contribution in [2.45, 2.75) is 18.7 Å². The van der Waals surface area contributed by atoms with Crippen LogP contribution in [-0.2, 0) is 10.0 Å². The first-order valence-electron chi connectivity index (χ1n) is 6.19. The molecule has 0 heterocycles. The first-order chi connectivity index (χ1) is 9.79. The molecule has 1 N–H and O–H groups in total. The van der Waals surface area contributed by atoms with Crippen LogP contribution in [-0.4, -0.2) is 14.2 Å². The lowest BCUT2D eigenvalue weighted by molar-refractivity contribution is 0.101. The van der Waals surface area contributed by atoms with Gasteiger partial charge in [-0.05, 0) is 43.7 Å². The van der Waals surface area contributed by atoms with E-state index in [1.165, 1.54) is 43.3 Å². The van der Waals surface area contributed by atoms with Crippen LogP contribution in [0.1, 0.15) is 22.8 Å². The molecule has 2 aromatic carbocycles. The summed E-state index contributed by atoms with van der Waals surface area (Å²) >= 11 is 0. The summed E-state index contributed by atoms with van der Waals surface area (Å²) < 4.78 is 40.2. The van der Waals surface area contributed by atoms with Gasteiger partial charge in [0.25, 0.3) is 10.0 Å². The topological polar surface area (TPSA) is 63.2 Å². The zero-order valence-electron chi connectivity index (χ0n) is 11.6. The number of aryl methyl sites for hydroxylation is 1. The SMILES string of the molecule is CC(=O)c1ccc(S(=O)(=O)Nc2cc(C)ccc2F)cc1. The Morgan fingerprint density at radius 1 is 1.10 bits per heavy atom. The molecule has 6 heteroatoms. The Labute approximate surface area is 122 Å². The van der Waals surface area contributed by atoms with Gasteiger partial charge in [-0.3, -0.25) is 9.52 Å². The number of carbonyl (C=O) groups excluding carboxylic acids is 1. The molecule has 0 radical (unpaired) electrons. The summed E-state index contributed by atoms with van der Waals surface area (Å²) in [5, 5.41) is 0. The van der Waals surface area contributed by atoms with E-state index in [-0.39, 0.29) is 16.4 Å². The Morgan fingerprint density at radius 2 is 1.71 bits per heavy atom. The van der Waals surface area contributed by atoms with E-state index < -0.39 is 15.8 Å². The van der Waals surface area contributed by atoms with Crippen LogP contribution in [0.15, 0.2) is 47.4 Å². The van der Waals surface area contributed by atoms with Gasteiger partial charge in [0, 0.05) is 5.56 Å². The number of Topliss-reactive ketones (excluding diaryl/α,β-unsaturated/α-hetero) is 1. The second kappa shape index (κ2) is 5.65. The van der Waals surface area contributed by atoms with Crippen molar-refractivity contribution in [3.05, 3.63) is 59.4 Å². The maximum absolute atomic E-state index is 13.6. The second-order valence-electron chi connectivity index (χ2n) is 4.67. The van der Waals surface area contributed by atoms with Gasteiger partial charge in [-0.25, -0.2) is 12.8 Å². The summed E-state index contributed by atoms with van der Waals surface area (Å²) in [5.41, 5.74) is 1.04. The molecule has 0 saturated carbocycles. The van der Waals surface area contributed by atoms with Gasteiger partial charge in [0.05, 0.1) is 10.6 Å². The fraction of sp³-hybridized carbons (Fsp3) is 0.133. The Balaban J connectivity index is 2.34. The molecule has 0 aromatic heterocycles. The quantitative estimate of drug-likeness (QED) is 0.883. The third-order valence-electron chi connectivity index (χ3n) is 2.94. The van der Waals surface area contributed by atoms with E-state index in [9.17, 15) is 17.6 Å². The van der Waals surface area contributed by atoms with Crippen molar-refractivity contribution in [1.82, 2.24) is 0 Å². The Hall–Kier alpha value is -2.21. The van der Waals surface area contributed by atoms with E-state index in [0.29, 0.717) is 5.56 Å². The van der Waals surface area contributed by atoms with Crippen LogP contribution in [0.3, 0.4) is 0 Å². The normalized spacial score (nSPS) is 11.2. The molecule has 0 aliphatic heterocycles. The van der Waals surface area contributed by atoms with Crippen molar-refractivity contribution in [3.63, 3.8) is 0 Å². The largest absolute Gasteiger partial charge is 0.295 e. The van der Waals surface area contributed by atoms with Crippen LogP contribution in [0.5, 0.6) is 0 Å². The van der Waals surface area contributed by atoms with Crippen molar-refractivity contribution < 1.29 is 17.6 Å². The number of benzene rings is 2. The van der Waals surface area contributed by atoms with Crippen molar-refractivity contribution in [2.24, 2.45) is 0 Å². The molecule has 0 fully saturated rings. The average molecular weight is 307 g/mol. The van der Waals surface area contributed by atoms with Crippen molar-refractivity contribution in [2.75, 3.05) is 4.72 Å². The van der Waals surface area contributed by atoms with E-state index in [0.717, 1.165) is 5.56 Å². The van der Waals surface area contributed by atoms with Crippen molar-refractivity contribution in [3.8, 4) is 0 Å². The zero-order valence-corrected chi connectivity index (χ0v) is 12.4. The van der Waals surface area contributed by atoms with E-state index in [1.807, 2.05) is 0 Å². The molecule has 110 valence electrons. The fourth-order valence-corrected chi connectivity index (χ4v) is 2.85. The lowest BCUT2D eigenvalue weighted by Crippen LogP contribution is -2.14. The van der Waals surface area contributed by atoms with Crippen LogP contribution >= 0.6 is 0 Å². The summed E-state index contributed by atoms with van der Waals surface area (Å²) in [6, 6.07) is 9.63. The molecule has 21 heavy (non-hydrogen) atoms. The smallest absolute Gasteiger partial charge is 0.261 e. The number of ketones is 1. The third kappa shape index (κ3) is 3.46. The molecule has 2 aromatic rings. The lowest BCUT2D eigenvalue weighted by atomic mass is 10.2. The minimum atomic E-state index is -3.90. The van der Waals surface area contributed by atoms with Gasteiger partial charge in [-0.15, -0.1) is 0 Å². The molecule has 0 spiro atoms. The molecular weight excluding hydrogens is 293 g/mol. The minimum Gasteiger partial charge on any atom is -0.295 e. The van der Waals surface area contributed by atoms with Gasteiger partial charge in [0.1, 0.15) is 5.82 Å². The highest BCUT2D eigenvalue weighted by Gasteiger charge is 2.16. The number of hydrogen-bond acceptors (Lipinski definition) is 3. The molecule has 0 unspecified atom stereocenters. The molecular formula is C15H14FNO3S. The molecule has 0 aliphatic rings. The maximum atomic E-state index is 13.6. The van der Waals surface area contributed by atoms with Crippen LogP contribution < -0.4 is 4.72 Å². The monoisotopic (exact) mass is 307 g/mol. The number of nitrogens with one attached hydrogen (secondary N) is 1. The number of anilines is 1. The first kappa shape index (κ1) is 15.2. The Bertz CT molecular complexity index is 783. The zero-order chi connectivity index (χ0) is 15.6. The molecule has 0 aliphatic carbocycles. The van der Waals surface area contributed by atoms with Crippen LogP contribution in [0.4, 0.5) is 10.1 Å². The first-order valence-corrected chi connectivity index (χ1v) is 7.68. The van der Waals surface area contributed by atoms with Gasteiger partial charge in [-0.1, -0.05) is 18.2 Å². The number of hydrogen-bond donors (Lipinski definition) is 1. The van der Waals surface area contributed by atoms with E-state index in [2.05, 4.69) is 4.72 Å². The number of carbonyl (C=O) groups is 1. The molecule has 0 amide bonds. The van der Waals surface area contributed by atoms with Crippen LogP contribution in [0, 0.1) is 12.7 Å². The van der Waals surface area contributed by atoms with E-state index in [1.54, 1.807) is 13.0 Å². The molecule has 2 rings (SSSR count). The summed E-state index contributed by atoms with van der Waals surface area (Å²) in [7, 11) is -3.90. The number of halogens is 1. The van der Waals surface area contributed by atoms with Gasteiger partial charge in [-0.2, -0.15) is 0 Å². The summed E-state index contributed by atoms with van der Waals surface area (Å²) in [4.78, 5) is 11.1. The van der Waals surface area contributed by atoms with Gasteiger partial charge >= 0.3 is 0 Å². The number of rotatable bonds is 4. The fourth-order valence-electron chi connectivity index (χ4n) is 1.79. The summed E-state index contributed by atoms with van der Waals surface area (Å²) in [6.45, 7) is 3.13. The van der Waals surface area contributed by atoms with Gasteiger partial charge in [0.15, 0.2) is 5.78 Å². The van der Waals surface area contributed by atoms with Gasteiger partial charge in [0.2, 0.25) is 0 Å². The Kier molecular flexibility index (Phi) is 4.09. The molecule has 0 bridgehead atoms. The van der Waals surface area contributed by atoms with Crippen LogP contribution in [0.25, 0.3) is 0 Å². The molecule has 0 atom stereocenters. The van der Waals surface area contributed by atoms with Crippen LogP contribution in [0.2, 0.25) is 0 Å². The van der Waals surface area contributed by atoms with Crippen molar-refractivity contribution in [1.29, 1.82) is 0 Å². The summed E-state index contributed by atoms with van der Waals surface area (Å²) in [6.07, 6.45) is 0. The van der Waals surface area contributed by atoms with Gasteiger partial charge < -0.3 is 0 Å². The highest BCUT2D eigenvalue weighted by Crippen LogP contribution is 2.20. The highest BCUT2D eigenvalue weighted by molar-refractivity contribution is 7.92. The predicted molar refractivity (Wildman–Crippen MR) is 78.4 cm³/mol. The molecule has 0 saturated heterocycles.